The lowest BCUT2D eigenvalue weighted by Crippen LogP contribution is -2.11. The SMILES string of the molecule is CCCOc1ccccc1OC(=O)c1cc(C)nc2ccccc12. The molecule has 1 aromatic heterocycles. The summed E-state index contributed by atoms with van der Waals surface area (Å²) in [5.74, 6) is 0.585. The molecule has 0 saturated heterocycles. The molecule has 122 valence electrons. The van der Waals surface area contributed by atoms with Crippen molar-refractivity contribution in [2.75, 3.05) is 6.61 Å². The van der Waals surface area contributed by atoms with Crippen molar-refractivity contribution in [3.05, 3.63) is 65.9 Å². The van der Waals surface area contributed by atoms with Crippen molar-refractivity contribution in [3.8, 4) is 11.5 Å². The first-order valence-corrected chi connectivity index (χ1v) is 7.99. The predicted octanol–water partition coefficient (Wildman–Crippen LogP) is 4.55. The third-order valence-corrected chi connectivity index (χ3v) is 3.58. The number of nitrogens with zero attached hydrogens (tertiary/aromatic N) is 1. The minimum atomic E-state index is -0.413. The molecule has 0 unspecified atom stereocenters. The maximum Gasteiger partial charge on any atom is 0.344 e. The standard InChI is InChI=1S/C20H19NO3/c1-3-12-23-18-10-6-7-11-19(18)24-20(22)16-13-14(2)21-17-9-5-4-8-15(16)17/h4-11,13H,3,12H2,1-2H3. The highest BCUT2D eigenvalue weighted by atomic mass is 16.6. The van der Waals surface area contributed by atoms with Gasteiger partial charge in [-0.2, -0.15) is 0 Å². The highest BCUT2D eigenvalue weighted by molar-refractivity contribution is 6.04. The number of aromatic nitrogens is 1. The number of pyridine rings is 1. The van der Waals surface area contributed by atoms with Crippen LogP contribution in [0.1, 0.15) is 29.4 Å². The molecular weight excluding hydrogens is 302 g/mol. The number of carbonyl (C=O) groups excluding carboxylic acids is 1. The third kappa shape index (κ3) is 3.38. The fourth-order valence-corrected chi connectivity index (χ4v) is 2.50. The fourth-order valence-electron chi connectivity index (χ4n) is 2.50. The van der Waals surface area contributed by atoms with E-state index >= 15 is 0 Å². The number of aryl methyl sites for hydroxylation is 1. The van der Waals surface area contributed by atoms with Crippen LogP contribution in [0.5, 0.6) is 11.5 Å². The van der Waals surface area contributed by atoms with Gasteiger partial charge >= 0.3 is 5.97 Å². The van der Waals surface area contributed by atoms with Crippen molar-refractivity contribution in [2.24, 2.45) is 0 Å². The number of rotatable bonds is 5. The Morgan fingerprint density at radius 2 is 1.75 bits per heavy atom. The Morgan fingerprint density at radius 1 is 1.04 bits per heavy atom. The Kier molecular flexibility index (Phi) is 4.75. The summed E-state index contributed by atoms with van der Waals surface area (Å²) in [5.41, 5.74) is 2.06. The van der Waals surface area contributed by atoms with Crippen LogP contribution in [0.3, 0.4) is 0 Å². The van der Waals surface area contributed by atoms with Crippen molar-refractivity contribution in [1.29, 1.82) is 0 Å². The molecule has 0 fully saturated rings. The van der Waals surface area contributed by atoms with E-state index in [1.807, 2.05) is 50.2 Å². The van der Waals surface area contributed by atoms with Crippen LogP contribution < -0.4 is 9.47 Å². The monoisotopic (exact) mass is 321 g/mol. The second-order valence-corrected chi connectivity index (χ2v) is 5.51. The van der Waals surface area contributed by atoms with Gasteiger partial charge in [0.25, 0.3) is 0 Å². The van der Waals surface area contributed by atoms with Crippen LogP contribution in [0.25, 0.3) is 10.9 Å². The molecule has 0 amide bonds. The van der Waals surface area contributed by atoms with Gasteiger partial charge in [0, 0.05) is 11.1 Å². The van der Waals surface area contributed by atoms with Crippen LogP contribution in [-0.2, 0) is 0 Å². The average molecular weight is 321 g/mol. The van der Waals surface area contributed by atoms with E-state index in [0.717, 1.165) is 23.0 Å². The maximum absolute atomic E-state index is 12.7. The van der Waals surface area contributed by atoms with Crippen molar-refractivity contribution < 1.29 is 14.3 Å². The molecule has 3 rings (SSSR count). The molecule has 0 N–H and O–H groups in total. The summed E-state index contributed by atoms with van der Waals surface area (Å²) in [5, 5.41) is 0.778. The van der Waals surface area contributed by atoms with Gasteiger partial charge in [-0.3, -0.25) is 4.98 Å². The van der Waals surface area contributed by atoms with Gasteiger partial charge in [-0.05, 0) is 37.6 Å². The number of esters is 1. The average Bonchev–Trinajstić information content (AvgIpc) is 2.60. The smallest absolute Gasteiger partial charge is 0.344 e. The summed E-state index contributed by atoms with van der Waals surface area (Å²) in [7, 11) is 0. The molecule has 0 aliphatic heterocycles. The molecule has 0 atom stereocenters. The van der Waals surface area contributed by atoms with Crippen LogP contribution in [0.2, 0.25) is 0 Å². The molecule has 0 aliphatic rings. The number of hydrogen-bond donors (Lipinski definition) is 0. The minimum absolute atomic E-state index is 0.413. The Balaban J connectivity index is 1.94. The number of fused-ring (bicyclic) bond motifs is 1. The van der Waals surface area contributed by atoms with E-state index in [-0.39, 0.29) is 0 Å². The zero-order valence-electron chi connectivity index (χ0n) is 13.8. The Morgan fingerprint density at radius 3 is 2.54 bits per heavy atom. The van der Waals surface area contributed by atoms with Gasteiger partial charge < -0.3 is 9.47 Å². The van der Waals surface area contributed by atoms with Gasteiger partial charge in [0.05, 0.1) is 17.7 Å². The molecule has 2 aromatic carbocycles. The molecule has 0 spiro atoms. The van der Waals surface area contributed by atoms with Crippen molar-refractivity contribution >= 4 is 16.9 Å². The van der Waals surface area contributed by atoms with Crippen LogP contribution >= 0.6 is 0 Å². The van der Waals surface area contributed by atoms with Crippen LogP contribution in [0.4, 0.5) is 0 Å². The largest absolute Gasteiger partial charge is 0.490 e. The van der Waals surface area contributed by atoms with Crippen LogP contribution in [0, 0.1) is 6.92 Å². The van der Waals surface area contributed by atoms with E-state index in [2.05, 4.69) is 4.98 Å². The molecule has 0 bridgehead atoms. The van der Waals surface area contributed by atoms with Gasteiger partial charge in [0.2, 0.25) is 0 Å². The predicted molar refractivity (Wildman–Crippen MR) is 93.7 cm³/mol. The number of ether oxygens (including phenoxy) is 2. The molecule has 3 aromatic rings. The van der Waals surface area contributed by atoms with Gasteiger partial charge in [-0.25, -0.2) is 4.79 Å². The van der Waals surface area contributed by atoms with E-state index in [9.17, 15) is 4.79 Å². The summed E-state index contributed by atoms with van der Waals surface area (Å²) in [6.07, 6.45) is 0.885. The van der Waals surface area contributed by atoms with Crippen LogP contribution in [0.15, 0.2) is 54.6 Å². The Bertz CT molecular complexity index is 874. The van der Waals surface area contributed by atoms with Crippen molar-refractivity contribution in [3.63, 3.8) is 0 Å². The first-order chi connectivity index (χ1) is 11.7. The lowest BCUT2D eigenvalue weighted by molar-refractivity contribution is 0.0730. The third-order valence-electron chi connectivity index (χ3n) is 3.58. The summed E-state index contributed by atoms with van der Waals surface area (Å²) >= 11 is 0. The highest BCUT2D eigenvalue weighted by Crippen LogP contribution is 2.28. The van der Waals surface area contributed by atoms with Gasteiger partial charge in [0.15, 0.2) is 11.5 Å². The number of carbonyl (C=O) groups is 1. The molecule has 0 saturated carbocycles. The lowest BCUT2D eigenvalue weighted by Gasteiger charge is -2.12. The second kappa shape index (κ2) is 7.13. The summed E-state index contributed by atoms with van der Waals surface area (Å²) in [4.78, 5) is 17.2. The first kappa shape index (κ1) is 16.0. The minimum Gasteiger partial charge on any atom is -0.490 e. The number of hydrogen-bond acceptors (Lipinski definition) is 4. The van der Waals surface area contributed by atoms with Gasteiger partial charge in [0.1, 0.15) is 0 Å². The van der Waals surface area contributed by atoms with Crippen molar-refractivity contribution in [1.82, 2.24) is 4.98 Å². The number of para-hydroxylation sites is 3. The van der Waals surface area contributed by atoms with E-state index in [4.69, 9.17) is 9.47 Å². The zero-order chi connectivity index (χ0) is 16.9. The maximum atomic E-state index is 12.7. The normalized spacial score (nSPS) is 10.6. The lowest BCUT2D eigenvalue weighted by atomic mass is 10.1. The van der Waals surface area contributed by atoms with Gasteiger partial charge in [-0.1, -0.05) is 37.3 Å². The van der Waals surface area contributed by atoms with Crippen LogP contribution in [-0.4, -0.2) is 17.6 Å². The molecule has 1 heterocycles. The molecule has 0 radical (unpaired) electrons. The molecule has 24 heavy (non-hydrogen) atoms. The summed E-state index contributed by atoms with van der Waals surface area (Å²) in [6.45, 7) is 4.47. The molecule has 4 heteroatoms. The first-order valence-electron chi connectivity index (χ1n) is 7.99. The zero-order valence-corrected chi connectivity index (χ0v) is 13.8. The quantitative estimate of drug-likeness (QED) is 0.511. The fraction of sp³-hybridized carbons (Fsp3) is 0.200. The summed E-state index contributed by atoms with van der Waals surface area (Å²) < 4.78 is 11.2. The van der Waals surface area contributed by atoms with E-state index < -0.39 is 5.97 Å². The van der Waals surface area contributed by atoms with Gasteiger partial charge in [-0.15, -0.1) is 0 Å². The van der Waals surface area contributed by atoms with E-state index in [0.29, 0.717) is 23.7 Å². The van der Waals surface area contributed by atoms with E-state index in [1.165, 1.54) is 0 Å². The molecule has 0 aliphatic carbocycles. The summed E-state index contributed by atoms with van der Waals surface area (Å²) in [6, 6.07) is 16.5. The topological polar surface area (TPSA) is 48.4 Å². The molecular formula is C20H19NO3. The Hall–Kier alpha value is -2.88. The highest BCUT2D eigenvalue weighted by Gasteiger charge is 2.16. The number of benzene rings is 2. The van der Waals surface area contributed by atoms with Crippen molar-refractivity contribution in [2.45, 2.75) is 20.3 Å². The Labute approximate surface area is 141 Å². The van der Waals surface area contributed by atoms with E-state index in [1.54, 1.807) is 18.2 Å². The molecule has 4 nitrogen and oxygen atoms in total. The second-order valence-electron chi connectivity index (χ2n) is 5.51.